The lowest BCUT2D eigenvalue weighted by Gasteiger charge is -2.33. The maximum atomic E-state index is 13.1. The molecule has 0 aliphatic carbocycles. The van der Waals surface area contributed by atoms with Crippen molar-refractivity contribution in [3.63, 3.8) is 0 Å². The van der Waals surface area contributed by atoms with Crippen molar-refractivity contribution >= 4 is 78.3 Å². The van der Waals surface area contributed by atoms with Gasteiger partial charge in [-0.25, -0.2) is 26.3 Å². The van der Waals surface area contributed by atoms with Gasteiger partial charge in [0.05, 0.1) is 102 Å². The minimum Gasteiger partial charge on any atom is -0.378 e. The normalized spacial score (nSPS) is 16.1. The summed E-state index contributed by atoms with van der Waals surface area (Å²) in [7, 11) is -1.91. The molecule has 2 heterocycles. The van der Waals surface area contributed by atoms with Crippen molar-refractivity contribution in [3.8, 4) is 0 Å². The minimum absolute atomic E-state index is 0.0227. The molecule has 25 heteroatoms. The first kappa shape index (κ1) is 63.6. The molecule has 0 aromatic heterocycles. The number of fused-ring (bicyclic) bond motifs is 2. The van der Waals surface area contributed by atoms with E-state index in [0.29, 0.717) is 85.9 Å². The molecule has 2 atom stereocenters. The Morgan fingerprint density at radius 1 is 0.526 bits per heavy atom. The summed E-state index contributed by atoms with van der Waals surface area (Å²) in [5.41, 5.74) is 5.68. The van der Waals surface area contributed by atoms with Crippen LogP contribution in [0.3, 0.4) is 0 Å². The quantitative estimate of drug-likeness (QED) is 0.0455. The molecule has 2 aliphatic rings. The van der Waals surface area contributed by atoms with Gasteiger partial charge in [0.15, 0.2) is 0 Å². The van der Waals surface area contributed by atoms with Gasteiger partial charge in [0, 0.05) is 84.3 Å². The Morgan fingerprint density at radius 2 is 0.872 bits per heavy atom. The average molecular weight is 1200 g/mol. The van der Waals surface area contributed by atoms with Crippen molar-refractivity contribution in [2.75, 3.05) is 153 Å². The highest BCUT2D eigenvalue weighted by Crippen LogP contribution is 2.40. The number of halogens is 4. The fraction of sp³-hybridized carbons (Fsp3) is 0.509. The molecule has 4 N–H and O–H groups in total. The van der Waals surface area contributed by atoms with Gasteiger partial charge in [-0.3, -0.25) is 14.5 Å². The van der Waals surface area contributed by atoms with Crippen LogP contribution in [0.4, 0.5) is 0 Å². The van der Waals surface area contributed by atoms with Gasteiger partial charge in [0.2, 0.25) is 31.9 Å². The molecule has 430 valence electrons. The number of nitrogens with zero attached hydrogens (tertiary/aromatic N) is 3. The number of benzene rings is 4. The van der Waals surface area contributed by atoms with Gasteiger partial charge in [0.1, 0.15) is 0 Å². The maximum absolute atomic E-state index is 13.1. The van der Waals surface area contributed by atoms with Crippen molar-refractivity contribution in [3.05, 3.63) is 126 Å². The Labute approximate surface area is 478 Å². The number of rotatable bonds is 34. The van der Waals surface area contributed by atoms with Gasteiger partial charge in [-0.1, -0.05) is 70.7 Å². The fourth-order valence-corrected chi connectivity index (χ4v) is 12.3. The molecule has 2 unspecified atom stereocenters. The summed E-state index contributed by atoms with van der Waals surface area (Å²) in [6.07, 6.45) is 0. The fourth-order valence-electron chi connectivity index (χ4n) is 8.99. The summed E-state index contributed by atoms with van der Waals surface area (Å²) < 4.78 is 90.9. The molecule has 6 rings (SSSR count). The Hall–Kier alpha value is -3.56. The van der Waals surface area contributed by atoms with Crippen molar-refractivity contribution in [1.29, 1.82) is 0 Å². The summed E-state index contributed by atoms with van der Waals surface area (Å²) in [6.45, 7) is 6.77. The minimum atomic E-state index is -3.79. The Balaban J connectivity index is 0.698. The van der Waals surface area contributed by atoms with E-state index >= 15 is 0 Å². The van der Waals surface area contributed by atoms with Crippen molar-refractivity contribution < 1.29 is 54.8 Å². The number of amides is 2. The SMILES string of the molecule is CN(CC(=O)NCCOCCOCCOCCNS(=O)(=O)c1cccc(C2CN(C)Cc3c(Cl)cc(Cl)cc32)c1)CC(=O)NCCOCCOCCOCCNS(=O)(=O)c1cccc(C2CN(C)Cc3c(Cl)cc(Cl)cc32)c1. The van der Waals surface area contributed by atoms with E-state index in [1.165, 1.54) is 0 Å². The molecule has 0 radical (unpaired) electrons. The van der Waals surface area contributed by atoms with Crippen LogP contribution in [0.5, 0.6) is 0 Å². The number of carbonyl (C=O) groups is 2. The predicted molar refractivity (Wildman–Crippen MR) is 301 cm³/mol. The number of carbonyl (C=O) groups excluding carboxylic acids is 2. The molecule has 0 fully saturated rings. The van der Waals surface area contributed by atoms with Gasteiger partial charge in [-0.05, 0) is 103 Å². The highest BCUT2D eigenvalue weighted by molar-refractivity contribution is 7.89. The van der Waals surface area contributed by atoms with Gasteiger partial charge in [-0.2, -0.15) is 0 Å². The molecule has 2 amide bonds. The van der Waals surface area contributed by atoms with Crippen LogP contribution in [-0.2, 0) is 71.1 Å². The average Bonchev–Trinajstić information content (AvgIpc) is 3.54. The summed E-state index contributed by atoms with van der Waals surface area (Å²) in [6, 6.07) is 21.1. The first-order valence-electron chi connectivity index (χ1n) is 25.6. The predicted octanol–water partition coefficient (Wildman–Crippen LogP) is 4.98. The highest BCUT2D eigenvalue weighted by Gasteiger charge is 2.30. The topological polar surface area (TPSA) is 216 Å². The highest BCUT2D eigenvalue weighted by atomic mass is 35.5. The molecule has 0 bridgehead atoms. The molecule has 78 heavy (non-hydrogen) atoms. The van der Waals surface area contributed by atoms with Crippen molar-refractivity contribution in [2.24, 2.45) is 0 Å². The van der Waals surface area contributed by atoms with Crippen LogP contribution in [0.15, 0.2) is 82.6 Å². The van der Waals surface area contributed by atoms with E-state index < -0.39 is 20.0 Å². The summed E-state index contributed by atoms with van der Waals surface area (Å²) in [5, 5.41) is 7.78. The zero-order chi connectivity index (χ0) is 56.1. The van der Waals surface area contributed by atoms with E-state index in [-0.39, 0.29) is 112 Å². The number of nitrogens with one attached hydrogen (secondary N) is 4. The van der Waals surface area contributed by atoms with E-state index in [0.717, 1.165) is 33.4 Å². The van der Waals surface area contributed by atoms with E-state index in [2.05, 4.69) is 29.9 Å². The number of hydrogen-bond donors (Lipinski definition) is 4. The molecule has 4 aromatic rings. The van der Waals surface area contributed by atoms with Crippen LogP contribution in [0, 0.1) is 0 Å². The third-order valence-electron chi connectivity index (χ3n) is 12.7. The zero-order valence-electron chi connectivity index (χ0n) is 44.2. The molecule has 0 spiro atoms. The Morgan fingerprint density at radius 3 is 1.24 bits per heavy atom. The van der Waals surface area contributed by atoms with E-state index in [1.54, 1.807) is 60.5 Å². The lowest BCUT2D eigenvalue weighted by atomic mass is 9.85. The Bertz CT molecular complexity index is 2640. The molecule has 2 aliphatic heterocycles. The maximum Gasteiger partial charge on any atom is 0.240 e. The zero-order valence-corrected chi connectivity index (χ0v) is 48.9. The summed E-state index contributed by atoms with van der Waals surface area (Å²) >= 11 is 25.7. The summed E-state index contributed by atoms with van der Waals surface area (Å²) in [4.78, 5) is 30.9. The molecule has 19 nitrogen and oxygen atoms in total. The number of ether oxygens (including phenoxy) is 6. The molecular weight excluding hydrogens is 1130 g/mol. The first-order chi connectivity index (χ1) is 37.4. The third kappa shape index (κ3) is 20.5. The second-order valence-corrected chi connectivity index (χ2v) is 24.1. The molecule has 4 aromatic carbocycles. The lowest BCUT2D eigenvalue weighted by molar-refractivity contribution is -0.124. The van der Waals surface area contributed by atoms with Crippen molar-refractivity contribution in [2.45, 2.75) is 34.7 Å². The molecular formula is C53H71Cl4N7O12S2. The first-order valence-corrected chi connectivity index (χ1v) is 30.1. The van der Waals surface area contributed by atoms with E-state index in [4.69, 9.17) is 74.8 Å². The van der Waals surface area contributed by atoms with Crippen LogP contribution in [0.25, 0.3) is 0 Å². The summed E-state index contributed by atoms with van der Waals surface area (Å²) in [5.74, 6) is -0.692. The lowest BCUT2D eigenvalue weighted by Crippen LogP contribution is -2.42. The number of hydrogen-bond acceptors (Lipinski definition) is 15. The smallest absolute Gasteiger partial charge is 0.240 e. The molecule has 0 saturated carbocycles. The van der Waals surface area contributed by atoms with Gasteiger partial charge in [-0.15, -0.1) is 0 Å². The van der Waals surface area contributed by atoms with Crippen LogP contribution in [-0.4, -0.2) is 196 Å². The largest absolute Gasteiger partial charge is 0.378 e. The molecule has 0 saturated heterocycles. The van der Waals surface area contributed by atoms with Crippen molar-refractivity contribution in [1.82, 2.24) is 34.8 Å². The third-order valence-corrected chi connectivity index (χ3v) is 16.7. The van der Waals surface area contributed by atoms with Gasteiger partial charge >= 0.3 is 0 Å². The van der Waals surface area contributed by atoms with Gasteiger partial charge in [0.25, 0.3) is 0 Å². The second kappa shape index (κ2) is 32.2. The number of likely N-dealkylation sites (N-methyl/N-ethyl adjacent to an activating group) is 3. The van der Waals surface area contributed by atoms with E-state index in [9.17, 15) is 26.4 Å². The standard InChI is InChI=1S/C53H71Cl4N7O12S2/c1-62-32-46(44-28-40(54)30-50(56)48(44)34-62)38-6-4-8-42(26-38)77(67,68)60-12-16-73-20-24-75-22-18-71-14-10-58-52(65)36-64(3)37-53(66)59-11-15-72-19-23-76-25-21-74-17-13-61-78(69,70)43-9-5-7-39(27-43)47-33-63(2)35-49-45(47)29-41(55)31-51(49)57/h4-9,26-31,46-47,60-61H,10-25,32-37H2,1-3H3,(H,58,65)(H,59,66). The number of sulfonamides is 2. The van der Waals surface area contributed by atoms with Crippen LogP contribution < -0.4 is 20.1 Å². The second-order valence-electron chi connectivity index (χ2n) is 18.9. The Kier molecular flexibility index (Phi) is 26.2. The van der Waals surface area contributed by atoms with Crippen LogP contribution in [0.2, 0.25) is 20.1 Å². The monoisotopic (exact) mass is 1200 g/mol. The van der Waals surface area contributed by atoms with E-state index in [1.807, 2.05) is 38.4 Å². The van der Waals surface area contributed by atoms with Gasteiger partial charge < -0.3 is 48.9 Å². The van der Waals surface area contributed by atoms with Crippen LogP contribution in [0.1, 0.15) is 45.2 Å². The van der Waals surface area contributed by atoms with Crippen LogP contribution >= 0.6 is 46.4 Å².